The molecule has 0 aromatic carbocycles. The van der Waals surface area contributed by atoms with Crippen molar-refractivity contribution in [1.29, 1.82) is 0 Å². The summed E-state index contributed by atoms with van der Waals surface area (Å²) in [7, 11) is -3.13. The van der Waals surface area contributed by atoms with Crippen molar-refractivity contribution in [2.75, 3.05) is 19.6 Å². The minimum atomic E-state index is -3.13. The lowest BCUT2D eigenvalue weighted by molar-refractivity contribution is 0.128. The summed E-state index contributed by atoms with van der Waals surface area (Å²) in [5.74, 6) is 0.614. The molecule has 1 aliphatic carbocycles. The summed E-state index contributed by atoms with van der Waals surface area (Å²) < 4.78 is 27.3. The molecule has 1 N–H and O–H groups in total. The van der Waals surface area contributed by atoms with E-state index < -0.39 is 10.0 Å². The summed E-state index contributed by atoms with van der Waals surface area (Å²) in [6.07, 6.45) is 7.01. The van der Waals surface area contributed by atoms with Crippen LogP contribution in [0.2, 0.25) is 0 Å². The first kappa shape index (κ1) is 15.3. The largest absolute Gasteiger partial charge is 0.316 e. The molecule has 0 radical (unpaired) electrons. The Kier molecular flexibility index (Phi) is 5.26. The van der Waals surface area contributed by atoms with E-state index in [0.717, 1.165) is 25.9 Å². The zero-order valence-corrected chi connectivity index (χ0v) is 13.1. The van der Waals surface area contributed by atoms with Crippen molar-refractivity contribution in [1.82, 2.24) is 9.62 Å². The molecule has 1 saturated carbocycles. The Morgan fingerprint density at radius 1 is 1.21 bits per heavy atom. The number of sulfonamides is 1. The molecule has 112 valence electrons. The minimum absolute atomic E-state index is 0.288. The van der Waals surface area contributed by atoms with Crippen LogP contribution in [0.1, 0.15) is 52.4 Å². The summed E-state index contributed by atoms with van der Waals surface area (Å²) in [6.45, 7) is 5.97. The standard InChI is InChI=1S/C14H28N2O2S/c1-3-15-11-12(2)19(17,18)16-10-6-8-13-7-4-5-9-14(13)16/h12-15H,3-11H2,1-2H3/t12?,13-,14-/m1/s1. The van der Waals surface area contributed by atoms with Crippen molar-refractivity contribution in [2.24, 2.45) is 5.92 Å². The highest BCUT2D eigenvalue weighted by Gasteiger charge is 2.40. The number of hydrogen-bond acceptors (Lipinski definition) is 3. The maximum Gasteiger partial charge on any atom is 0.218 e. The van der Waals surface area contributed by atoms with E-state index in [0.29, 0.717) is 12.5 Å². The van der Waals surface area contributed by atoms with Gasteiger partial charge >= 0.3 is 0 Å². The van der Waals surface area contributed by atoms with Crippen molar-refractivity contribution in [3.8, 4) is 0 Å². The fourth-order valence-electron chi connectivity index (χ4n) is 3.58. The Balaban J connectivity index is 2.09. The first-order chi connectivity index (χ1) is 9.07. The van der Waals surface area contributed by atoms with Crippen LogP contribution in [0.5, 0.6) is 0 Å². The predicted octanol–water partition coefficient (Wildman–Crippen LogP) is 1.97. The number of nitrogens with zero attached hydrogens (tertiary/aromatic N) is 1. The quantitative estimate of drug-likeness (QED) is 0.841. The van der Waals surface area contributed by atoms with Crippen molar-refractivity contribution in [2.45, 2.75) is 63.7 Å². The fraction of sp³-hybridized carbons (Fsp3) is 1.00. The molecule has 2 aliphatic rings. The normalized spacial score (nSPS) is 30.8. The van der Waals surface area contributed by atoms with E-state index in [9.17, 15) is 8.42 Å². The zero-order valence-electron chi connectivity index (χ0n) is 12.3. The Morgan fingerprint density at radius 2 is 1.89 bits per heavy atom. The highest BCUT2D eigenvalue weighted by atomic mass is 32.2. The molecule has 0 spiro atoms. The van der Waals surface area contributed by atoms with Gasteiger partial charge < -0.3 is 5.32 Å². The number of fused-ring (bicyclic) bond motifs is 1. The van der Waals surface area contributed by atoms with Crippen LogP contribution >= 0.6 is 0 Å². The smallest absolute Gasteiger partial charge is 0.218 e. The van der Waals surface area contributed by atoms with Gasteiger partial charge in [-0.25, -0.2) is 8.42 Å². The molecule has 0 bridgehead atoms. The average Bonchev–Trinajstić information content (AvgIpc) is 2.43. The first-order valence-electron chi connectivity index (χ1n) is 7.78. The fourth-order valence-corrected chi connectivity index (χ4v) is 5.41. The highest BCUT2D eigenvalue weighted by Crippen LogP contribution is 2.37. The number of nitrogens with one attached hydrogen (secondary N) is 1. The van der Waals surface area contributed by atoms with Crippen LogP contribution in [0.25, 0.3) is 0 Å². The molecule has 4 nitrogen and oxygen atoms in total. The van der Waals surface area contributed by atoms with Gasteiger partial charge in [0.1, 0.15) is 0 Å². The summed E-state index contributed by atoms with van der Waals surface area (Å²) >= 11 is 0. The Morgan fingerprint density at radius 3 is 2.63 bits per heavy atom. The monoisotopic (exact) mass is 288 g/mol. The maximum absolute atomic E-state index is 12.7. The molecule has 0 aromatic rings. The molecular formula is C14H28N2O2S. The van der Waals surface area contributed by atoms with Gasteiger partial charge in [0.2, 0.25) is 10.0 Å². The van der Waals surface area contributed by atoms with Crippen LogP contribution in [0.15, 0.2) is 0 Å². The lowest BCUT2D eigenvalue weighted by Gasteiger charge is -2.44. The molecule has 2 rings (SSSR count). The summed E-state index contributed by atoms with van der Waals surface area (Å²) in [5.41, 5.74) is 0. The molecule has 1 unspecified atom stereocenters. The molecule has 3 atom stereocenters. The van der Waals surface area contributed by atoms with E-state index in [2.05, 4.69) is 5.32 Å². The third-order valence-electron chi connectivity index (χ3n) is 4.71. The SMILES string of the molecule is CCNCC(C)S(=O)(=O)N1CCC[C@H]2CCCC[C@H]21. The lowest BCUT2D eigenvalue weighted by atomic mass is 9.79. The second-order valence-corrected chi connectivity index (χ2v) is 8.33. The molecule has 5 heteroatoms. The van der Waals surface area contributed by atoms with Crippen LogP contribution in [-0.4, -0.2) is 43.6 Å². The van der Waals surface area contributed by atoms with Gasteiger partial charge in [0.15, 0.2) is 0 Å². The van der Waals surface area contributed by atoms with Crippen molar-refractivity contribution >= 4 is 10.0 Å². The highest BCUT2D eigenvalue weighted by molar-refractivity contribution is 7.89. The Labute approximate surface area is 118 Å². The molecule has 1 saturated heterocycles. The van der Waals surface area contributed by atoms with Crippen LogP contribution in [0, 0.1) is 5.92 Å². The van der Waals surface area contributed by atoms with E-state index >= 15 is 0 Å². The summed E-state index contributed by atoms with van der Waals surface area (Å²) in [6, 6.07) is 0.288. The van der Waals surface area contributed by atoms with Crippen LogP contribution in [0.3, 0.4) is 0 Å². The molecule has 1 heterocycles. The van der Waals surface area contributed by atoms with Gasteiger partial charge in [-0.15, -0.1) is 0 Å². The second-order valence-electron chi connectivity index (χ2n) is 6.03. The van der Waals surface area contributed by atoms with Crippen LogP contribution in [0.4, 0.5) is 0 Å². The third kappa shape index (κ3) is 3.31. The van der Waals surface area contributed by atoms with Gasteiger partial charge in [-0.05, 0) is 45.1 Å². The van der Waals surface area contributed by atoms with E-state index in [-0.39, 0.29) is 11.3 Å². The van der Waals surface area contributed by atoms with Gasteiger partial charge in [-0.2, -0.15) is 4.31 Å². The van der Waals surface area contributed by atoms with Gasteiger partial charge in [0.25, 0.3) is 0 Å². The van der Waals surface area contributed by atoms with Gasteiger partial charge in [-0.3, -0.25) is 0 Å². The van der Waals surface area contributed by atoms with Crippen molar-refractivity contribution in [3.05, 3.63) is 0 Å². The first-order valence-corrected chi connectivity index (χ1v) is 9.29. The van der Waals surface area contributed by atoms with Crippen LogP contribution < -0.4 is 5.32 Å². The summed E-state index contributed by atoms with van der Waals surface area (Å²) in [4.78, 5) is 0. The topological polar surface area (TPSA) is 49.4 Å². The lowest BCUT2D eigenvalue weighted by Crippen LogP contribution is -2.53. The molecule has 0 aromatic heterocycles. The number of piperidine rings is 1. The van der Waals surface area contributed by atoms with Crippen molar-refractivity contribution < 1.29 is 8.42 Å². The second kappa shape index (κ2) is 6.55. The average molecular weight is 288 g/mol. The minimum Gasteiger partial charge on any atom is -0.316 e. The number of rotatable bonds is 5. The predicted molar refractivity (Wildman–Crippen MR) is 78.6 cm³/mol. The molecule has 2 fully saturated rings. The molecule has 1 aliphatic heterocycles. The van der Waals surface area contributed by atoms with Gasteiger partial charge in [0, 0.05) is 19.1 Å². The van der Waals surface area contributed by atoms with E-state index in [4.69, 9.17) is 0 Å². The Bertz CT molecular complexity index is 381. The van der Waals surface area contributed by atoms with Crippen molar-refractivity contribution in [3.63, 3.8) is 0 Å². The zero-order chi connectivity index (χ0) is 13.9. The Hall–Kier alpha value is -0.130. The summed E-state index contributed by atoms with van der Waals surface area (Å²) in [5, 5.41) is 2.85. The van der Waals surface area contributed by atoms with Gasteiger partial charge in [0.05, 0.1) is 5.25 Å². The molecular weight excluding hydrogens is 260 g/mol. The third-order valence-corrected chi connectivity index (χ3v) is 7.00. The van der Waals surface area contributed by atoms with E-state index in [1.165, 1.54) is 25.7 Å². The van der Waals surface area contributed by atoms with E-state index in [1.807, 2.05) is 18.2 Å². The molecule has 19 heavy (non-hydrogen) atoms. The van der Waals surface area contributed by atoms with Gasteiger partial charge in [-0.1, -0.05) is 19.8 Å². The van der Waals surface area contributed by atoms with Crippen LogP contribution in [-0.2, 0) is 10.0 Å². The number of hydrogen-bond donors (Lipinski definition) is 1. The van der Waals surface area contributed by atoms with E-state index in [1.54, 1.807) is 0 Å². The molecule has 0 amide bonds. The maximum atomic E-state index is 12.7.